The molecule has 0 aliphatic carbocycles. The van der Waals surface area contributed by atoms with Gasteiger partial charge >= 0.3 is 0 Å². The normalized spacial score (nSPS) is 10.7. The van der Waals surface area contributed by atoms with Crippen molar-refractivity contribution in [1.29, 1.82) is 0 Å². The Hall–Kier alpha value is -2.60. The summed E-state index contributed by atoms with van der Waals surface area (Å²) in [4.78, 5) is 4.31. The van der Waals surface area contributed by atoms with Gasteiger partial charge < -0.3 is 19.4 Å². The fraction of sp³-hybridized carbons (Fsp3) is 0.143. The summed E-state index contributed by atoms with van der Waals surface area (Å²) in [6.07, 6.45) is 0. The lowest BCUT2D eigenvalue weighted by Crippen LogP contribution is -1.92. The van der Waals surface area contributed by atoms with Crippen LogP contribution in [-0.4, -0.2) is 17.3 Å². The number of hydrogen-bond donors (Lipinski definition) is 1. The minimum Gasteiger partial charge on any atom is -0.497 e. The van der Waals surface area contributed by atoms with Gasteiger partial charge in [-0.1, -0.05) is 17.3 Å². The van der Waals surface area contributed by atoms with Crippen LogP contribution in [0.3, 0.4) is 0 Å². The molecule has 0 radical (unpaired) electrons. The Morgan fingerprint density at radius 3 is 2.90 bits per heavy atom. The van der Waals surface area contributed by atoms with E-state index in [1.54, 1.807) is 19.2 Å². The van der Waals surface area contributed by atoms with E-state index in [2.05, 4.69) is 10.1 Å². The maximum atomic E-state index is 5.50. The van der Waals surface area contributed by atoms with Crippen LogP contribution in [0.15, 0.2) is 45.3 Å². The summed E-state index contributed by atoms with van der Waals surface area (Å²) in [7, 11) is 1.61. The summed E-state index contributed by atoms with van der Waals surface area (Å²) in [5.41, 5.74) is 6.31. The number of ether oxygens (including phenoxy) is 1. The third-order valence-electron chi connectivity index (χ3n) is 2.83. The molecule has 2 N–H and O–H groups in total. The highest BCUT2D eigenvalue weighted by Crippen LogP contribution is 2.25. The average molecular weight is 271 g/mol. The van der Waals surface area contributed by atoms with Gasteiger partial charge in [0, 0.05) is 5.56 Å². The molecular formula is C14H13N3O3. The maximum Gasteiger partial charge on any atom is 0.293 e. The molecule has 6 heteroatoms. The van der Waals surface area contributed by atoms with Crippen LogP contribution in [0.1, 0.15) is 5.76 Å². The van der Waals surface area contributed by atoms with Gasteiger partial charge in [0.15, 0.2) is 5.76 Å². The third-order valence-corrected chi connectivity index (χ3v) is 2.83. The number of rotatable bonds is 4. The van der Waals surface area contributed by atoms with Gasteiger partial charge in [0.2, 0.25) is 5.82 Å². The monoisotopic (exact) mass is 271 g/mol. The molecule has 0 aliphatic rings. The number of furan rings is 1. The molecule has 6 nitrogen and oxygen atoms in total. The van der Waals surface area contributed by atoms with Gasteiger partial charge in [-0.25, -0.2) is 0 Å². The predicted octanol–water partition coefficient (Wildman–Crippen LogP) is 2.46. The first-order valence-corrected chi connectivity index (χ1v) is 6.07. The van der Waals surface area contributed by atoms with E-state index in [0.29, 0.717) is 29.8 Å². The molecule has 0 amide bonds. The standard InChI is InChI=1S/C14H13N3O3/c1-18-10-4-2-3-9(7-10)13-16-14(20-17-13)12-6-5-11(8-15)19-12/h2-7H,8,15H2,1H3. The summed E-state index contributed by atoms with van der Waals surface area (Å²) in [5.74, 6) is 2.71. The molecule has 0 atom stereocenters. The van der Waals surface area contributed by atoms with Gasteiger partial charge in [-0.15, -0.1) is 0 Å². The lowest BCUT2D eigenvalue weighted by atomic mass is 10.2. The number of aromatic nitrogens is 2. The number of nitrogens with two attached hydrogens (primary N) is 1. The Morgan fingerprint density at radius 2 is 2.15 bits per heavy atom. The topological polar surface area (TPSA) is 87.3 Å². The summed E-state index contributed by atoms with van der Waals surface area (Å²) in [6.45, 7) is 0.330. The predicted molar refractivity (Wildman–Crippen MR) is 71.9 cm³/mol. The van der Waals surface area contributed by atoms with Crippen LogP contribution < -0.4 is 10.5 Å². The summed E-state index contributed by atoms with van der Waals surface area (Å²) < 4.78 is 15.8. The second-order valence-electron chi connectivity index (χ2n) is 4.13. The Kier molecular flexibility index (Phi) is 3.22. The van der Waals surface area contributed by atoms with Gasteiger partial charge in [0.1, 0.15) is 11.5 Å². The fourth-order valence-corrected chi connectivity index (χ4v) is 1.81. The lowest BCUT2D eigenvalue weighted by molar-refractivity contribution is 0.411. The van der Waals surface area contributed by atoms with Crippen molar-refractivity contribution in [2.75, 3.05) is 7.11 Å². The van der Waals surface area contributed by atoms with E-state index in [1.807, 2.05) is 24.3 Å². The van der Waals surface area contributed by atoms with Gasteiger partial charge in [0.25, 0.3) is 5.89 Å². The van der Waals surface area contributed by atoms with E-state index >= 15 is 0 Å². The summed E-state index contributed by atoms with van der Waals surface area (Å²) in [6, 6.07) is 11.0. The number of nitrogens with zero attached hydrogens (tertiary/aromatic N) is 2. The van der Waals surface area contributed by atoms with E-state index < -0.39 is 0 Å². The molecule has 0 aliphatic heterocycles. The first-order valence-electron chi connectivity index (χ1n) is 6.07. The van der Waals surface area contributed by atoms with Crippen LogP contribution in [0, 0.1) is 0 Å². The Morgan fingerprint density at radius 1 is 1.25 bits per heavy atom. The molecule has 20 heavy (non-hydrogen) atoms. The Bertz CT molecular complexity index is 718. The van der Waals surface area contributed by atoms with E-state index in [0.717, 1.165) is 11.3 Å². The molecule has 0 unspecified atom stereocenters. The van der Waals surface area contributed by atoms with Crippen molar-refractivity contribution in [3.05, 3.63) is 42.2 Å². The van der Waals surface area contributed by atoms with Crippen molar-refractivity contribution >= 4 is 0 Å². The lowest BCUT2D eigenvalue weighted by Gasteiger charge is -1.99. The van der Waals surface area contributed by atoms with Gasteiger partial charge in [-0.2, -0.15) is 4.98 Å². The van der Waals surface area contributed by atoms with Gasteiger partial charge in [0.05, 0.1) is 13.7 Å². The first kappa shape index (κ1) is 12.4. The van der Waals surface area contributed by atoms with Crippen molar-refractivity contribution in [2.24, 2.45) is 5.73 Å². The van der Waals surface area contributed by atoms with Gasteiger partial charge in [-0.05, 0) is 24.3 Å². The molecule has 2 aromatic heterocycles. The minimum atomic E-state index is 0.322. The highest BCUT2D eigenvalue weighted by atomic mass is 16.5. The van der Waals surface area contributed by atoms with Crippen LogP contribution in [0.2, 0.25) is 0 Å². The number of benzene rings is 1. The second kappa shape index (κ2) is 5.18. The second-order valence-corrected chi connectivity index (χ2v) is 4.13. The molecule has 102 valence electrons. The third kappa shape index (κ3) is 2.28. The highest BCUT2D eigenvalue weighted by Gasteiger charge is 2.14. The molecule has 0 fully saturated rings. The van der Waals surface area contributed by atoms with Crippen LogP contribution in [0.4, 0.5) is 0 Å². The van der Waals surface area contributed by atoms with Crippen molar-refractivity contribution in [3.8, 4) is 28.8 Å². The Balaban J connectivity index is 1.93. The van der Waals surface area contributed by atoms with Crippen LogP contribution in [0.25, 0.3) is 23.0 Å². The van der Waals surface area contributed by atoms with Crippen LogP contribution in [-0.2, 0) is 6.54 Å². The molecule has 0 bridgehead atoms. The van der Waals surface area contributed by atoms with Crippen LogP contribution in [0.5, 0.6) is 5.75 Å². The van der Waals surface area contributed by atoms with Crippen molar-refractivity contribution in [3.63, 3.8) is 0 Å². The van der Waals surface area contributed by atoms with Gasteiger partial charge in [-0.3, -0.25) is 0 Å². The molecule has 3 aromatic rings. The maximum absolute atomic E-state index is 5.50. The first-order chi connectivity index (χ1) is 9.80. The highest BCUT2D eigenvalue weighted by molar-refractivity contribution is 5.59. The number of methoxy groups -OCH3 is 1. The molecule has 0 spiro atoms. The smallest absolute Gasteiger partial charge is 0.293 e. The Labute approximate surface area is 115 Å². The molecule has 0 saturated carbocycles. The van der Waals surface area contributed by atoms with E-state index in [1.165, 1.54) is 0 Å². The molecule has 0 saturated heterocycles. The quantitative estimate of drug-likeness (QED) is 0.784. The van der Waals surface area contributed by atoms with Crippen molar-refractivity contribution < 1.29 is 13.7 Å². The zero-order valence-corrected chi connectivity index (χ0v) is 10.9. The molecule has 2 heterocycles. The van der Waals surface area contributed by atoms with E-state index in [-0.39, 0.29) is 0 Å². The van der Waals surface area contributed by atoms with E-state index in [4.69, 9.17) is 19.4 Å². The largest absolute Gasteiger partial charge is 0.497 e. The summed E-state index contributed by atoms with van der Waals surface area (Å²) in [5, 5.41) is 3.94. The average Bonchev–Trinajstić information content (AvgIpc) is 3.15. The zero-order chi connectivity index (χ0) is 13.9. The molecule has 3 rings (SSSR count). The zero-order valence-electron chi connectivity index (χ0n) is 10.9. The fourth-order valence-electron chi connectivity index (χ4n) is 1.81. The van der Waals surface area contributed by atoms with Crippen molar-refractivity contribution in [2.45, 2.75) is 6.54 Å². The SMILES string of the molecule is COc1cccc(-c2noc(-c3ccc(CN)o3)n2)c1. The summed E-state index contributed by atoms with van der Waals surface area (Å²) >= 11 is 0. The van der Waals surface area contributed by atoms with E-state index in [9.17, 15) is 0 Å². The minimum absolute atomic E-state index is 0.322. The van der Waals surface area contributed by atoms with Crippen molar-refractivity contribution in [1.82, 2.24) is 10.1 Å². The number of hydrogen-bond acceptors (Lipinski definition) is 6. The molecular weight excluding hydrogens is 258 g/mol. The molecule has 1 aromatic carbocycles. The van der Waals surface area contributed by atoms with Crippen LogP contribution >= 0.6 is 0 Å².